The average molecular weight is 509 g/mol. The third-order valence-electron chi connectivity index (χ3n) is 7.06. The van der Waals surface area contributed by atoms with E-state index in [1.165, 1.54) is 0 Å². The molecular formula is C29H36N2O6. The summed E-state index contributed by atoms with van der Waals surface area (Å²) in [6, 6.07) is 9.98. The number of benzene rings is 2. The first kappa shape index (κ1) is 26.5. The van der Waals surface area contributed by atoms with Crippen LogP contribution in [0.4, 0.5) is 0 Å². The molecular weight excluding hydrogens is 472 g/mol. The lowest BCUT2D eigenvalue weighted by Gasteiger charge is -2.28. The predicted molar refractivity (Wildman–Crippen MR) is 141 cm³/mol. The van der Waals surface area contributed by atoms with E-state index in [0.29, 0.717) is 48.7 Å². The van der Waals surface area contributed by atoms with Crippen LogP contribution in [0.15, 0.2) is 42.0 Å². The van der Waals surface area contributed by atoms with Gasteiger partial charge in [0.15, 0.2) is 11.5 Å². The van der Waals surface area contributed by atoms with E-state index in [1.807, 2.05) is 26.0 Å². The van der Waals surface area contributed by atoms with Crippen LogP contribution in [-0.2, 0) is 16.0 Å². The van der Waals surface area contributed by atoms with E-state index in [-0.39, 0.29) is 17.4 Å². The zero-order chi connectivity index (χ0) is 26.7. The van der Waals surface area contributed by atoms with Crippen molar-refractivity contribution in [3.63, 3.8) is 0 Å². The first-order valence-corrected chi connectivity index (χ1v) is 12.9. The van der Waals surface area contributed by atoms with Crippen molar-refractivity contribution < 1.29 is 28.9 Å². The highest BCUT2D eigenvalue weighted by atomic mass is 16.5. The van der Waals surface area contributed by atoms with Gasteiger partial charge in [-0.25, -0.2) is 0 Å². The van der Waals surface area contributed by atoms with Crippen molar-refractivity contribution in [2.45, 2.75) is 46.3 Å². The third-order valence-corrected chi connectivity index (χ3v) is 7.06. The lowest BCUT2D eigenvalue weighted by Crippen LogP contribution is -2.38. The van der Waals surface area contributed by atoms with Crippen molar-refractivity contribution in [1.82, 2.24) is 9.80 Å². The maximum atomic E-state index is 13.4. The number of aliphatic hydroxyl groups is 1. The quantitative estimate of drug-likeness (QED) is 0.293. The molecule has 0 radical (unpaired) electrons. The molecule has 2 aliphatic heterocycles. The number of rotatable bonds is 10. The molecule has 2 aliphatic rings. The first-order chi connectivity index (χ1) is 17.8. The van der Waals surface area contributed by atoms with Gasteiger partial charge in [-0.1, -0.05) is 19.9 Å². The fraction of sp³-hybridized carbons (Fsp3) is 0.448. The zero-order valence-corrected chi connectivity index (χ0v) is 22.2. The molecule has 8 heteroatoms. The summed E-state index contributed by atoms with van der Waals surface area (Å²) in [4.78, 5) is 30.5. The minimum Gasteiger partial charge on any atom is -0.507 e. The highest BCUT2D eigenvalue weighted by Crippen LogP contribution is 2.42. The Bertz CT molecular complexity index is 1200. The van der Waals surface area contributed by atoms with Crippen LogP contribution in [0.5, 0.6) is 17.2 Å². The normalized spacial score (nSPS) is 20.3. The standard InChI is InChI=1S/C29H36N2O6/c1-6-30(7-2)13-14-31-26(19-9-12-23(36-8-3)24(17-19)35-5)25(28(33)29(31)34)27(32)20-10-11-22-21(16-20)15-18(4)37-22/h9-12,16-18,26,32H,6-8,13-15H2,1-5H3. The number of carbonyl (C=O) groups excluding carboxylic acids is 2. The van der Waals surface area contributed by atoms with Crippen molar-refractivity contribution in [2.75, 3.05) is 39.9 Å². The topological polar surface area (TPSA) is 88.5 Å². The molecule has 1 saturated heterocycles. The van der Waals surface area contributed by atoms with Gasteiger partial charge in [0.25, 0.3) is 11.7 Å². The number of carbonyl (C=O) groups is 2. The lowest BCUT2D eigenvalue weighted by atomic mass is 9.94. The second kappa shape index (κ2) is 11.3. The minimum atomic E-state index is -0.761. The van der Waals surface area contributed by atoms with Gasteiger partial charge in [0.1, 0.15) is 17.6 Å². The van der Waals surface area contributed by atoms with Crippen molar-refractivity contribution >= 4 is 17.4 Å². The number of aliphatic hydroxyl groups excluding tert-OH is 1. The van der Waals surface area contributed by atoms with Gasteiger partial charge in [-0.15, -0.1) is 0 Å². The molecule has 2 unspecified atom stereocenters. The average Bonchev–Trinajstić information content (AvgIpc) is 3.40. The maximum Gasteiger partial charge on any atom is 0.295 e. The molecule has 0 bridgehead atoms. The van der Waals surface area contributed by atoms with Gasteiger partial charge in [0.05, 0.1) is 25.3 Å². The summed E-state index contributed by atoms with van der Waals surface area (Å²) in [5.74, 6) is 0.337. The van der Waals surface area contributed by atoms with E-state index in [9.17, 15) is 14.7 Å². The van der Waals surface area contributed by atoms with Gasteiger partial charge in [-0.3, -0.25) is 9.59 Å². The maximum absolute atomic E-state index is 13.4. The van der Waals surface area contributed by atoms with Crippen molar-refractivity contribution in [3.8, 4) is 17.2 Å². The Morgan fingerprint density at radius 2 is 1.86 bits per heavy atom. The zero-order valence-electron chi connectivity index (χ0n) is 22.2. The number of likely N-dealkylation sites (N-methyl/N-ethyl adjacent to an activating group) is 1. The van der Waals surface area contributed by atoms with Crippen LogP contribution in [0.1, 0.15) is 50.4 Å². The molecule has 198 valence electrons. The largest absolute Gasteiger partial charge is 0.507 e. The molecule has 1 N–H and O–H groups in total. The highest BCUT2D eigenvalue weighted by molar-refractivity contribution is 6.46. The van der Waals surface area contributed by atoms with Crippen LogP contribution in [0.25, 0.3) is 5.76 Å². The Balaban J connectivity index is 1.82. The Morgan fingerprint density at radius 1 is 1.11 bits per heavy atom. The van der Waals surface area contributed by atoms with Crippen LogP contribution >= 0.6 is 0 Å². The molecule has 0 saturated carbocycles. The van der Waals surface area contributed by atoms with Crippen molar-refractivity contribution in [3.05, 3.63) is 58.7 Å². The smallest absolute Gasteiger partial charge is 0.295 e. The van der Waals surface area contributed by atoms with E-state index >= 15 is 0 Å². The van der Waals surface area contributed by atoms with Crippen molar-refractivity contribution in [2.24, 2.45) is 0 Å². The molecule has 37 heavy (non-hydrogen) atoms. The summed E-state index contributed by atoms with van der Waals surface area (Å²) in [6.45, 7) is 11.1. The number of ketones is 1. The predicted octanol–water partition coefficient (Wildman–Crippen LogP) is 4.18. The molecule has 2 heterocycles. The van der Waals surface area contributed by atoms with E-state index in [2.05, 4.69) is 18.7 Å². The van der Waals surface area contributed by atoms with Crippen LogP contribution in [-0.4, -0.2) is 72.6 Å². The number of amides is 1. The van der Waals surface area contributed by atoms with E-state index in [4.69, 9.17) is 14.2 Å². The minimum absolute atomic E-state index is 0.0503. The third kappa shape index (κ3) is 5.16. The monoisotopic (exact) mass is 508 g/mol. The van der Waals surface area contributed by atoms with Crippen LogP contribution in [0, 0.1) is 0 Å². The van der Waals surface area contributed by atoms with E-state index in [1.54, 1.807) is 36.3 Å². The highest BCUT2D eigenvalue weighted by Gasteiger charge is 2.46. The SMILES string of the molecule is CCOc1ccc(C2C(=C(O)c3ccc4c(c3)CC(C)O4)C(=O)C(=O)N2CCN(CC)CC)cc1OC. The number of methoxy groups -OCH3 is 1. The molecule has 2 aromatic rings. The van der Waals surface area contributed by atoms with E-state index in [0.717, 1.165) is 24.4 Å². The summed E-state index contributed by atoms with van der Waals surface area (Å²) in [7, 11) is 1.55. The van der Waals surface area contributed by atoms with Gasteiger partial charge >= 0.3 is 0 Å². The second-order valence-electron chi connectivity index (χ2n) is 9.32. The van der Waals surface area contributed by atoms with Gasteiger partial charge in [-0.05, 0) is 68.4 Å². The fourth-order valence-corrected chi connectivity index (χ4v) is 5.10. The van der Waals surface area contributed by atoms with Crippen LogP contribution < -0.4 is 14.2 Å². The Morgan fingerprint density at radius 3 is 2.54 bits per heavy atom. The number of nitrogens with zero attached hydrogens (tertiary/aromatic N) is 2. The van der Waals surface area contributed by atoms with Gasteiger partial charge in [-0.2, -0.15) is 0 Å². The molecule has 8 nitrogen and oxygen atoms in total. The van der Waals surface area contributed by atoms with Gasteiger partial charge < -0.3 is 29.1 Å². The summed E-state index contributed by atoms with van der Waals surface area (Å²) in [6.07, 6.45) is 0.767. The Hall–Kier alpha value is -3.52. The van der Waals surface area contributed by atoms with Crippen LogP contribution in [0.3, 0.4) is 0 Å². The van der Waals surface area contributed by atoms with Gasteiger partial charge in [0.2, 0.25) is 0 Å². The molecule has 4 rings (SSSR count). The molecule has 1 fully saturated rings. The molecule has 1 amide bonds. The van der Waals surface area contributed by atoms with E-state index < -0.39 is 17.7 Å². The summed E-state index contributed by atoms with van der Waals surface area (Å²) >= 11 is 0. The summed E-state index contributed by atoms with van der Waals surface area (Å²) in [5.41, 5.74) is 2.19. The number of fused-ring (bicyclic) bond motifs is 1. The molecule has 2 atom stereocenters. The Labute approximate surface area is 218 Å². The fourth-order valence-electron chi connectivity index (χ4n) is 5.10. The van der Waals surface area contributed by atoms with Crippen molar-refractivity contribution in [1.29, 1.82) is 0 Å². The lowest BCUT2D eigenvalue weighted by molar-refractivity contribution is -0.140. The second-order valence-corrected chi connectivity index (χ2v) is 9.32. The molecule has 0 aliphatic carbocycles. The Kier molecular flexibility index (Phi) is 8.07. The summed E-state index contributed by atoms with van der Waals surface area (Å²) < 4.78 is 17.0. The number of hydrogen-bond donors (Lipinski definition) is 1. The number of likely N-dealkylation sites (tertiary alicyclic amines) is 1. The number of hydrogen-bond acceptors (Lipinski definition) is 7. The number of Topliss-reactive ketones (excluding diaryl/α,β-unsaturated/α-hetero) is 1. The molecule has 0 spiro atoms. The number of ether oxygens (including phenoxy) is 3. The summed E-state index contributed by atoms with van der Waals surface area (Å²) in [5, 5.41) is 11.5. The van der Waals surface area contributed by atoms with Crippen LogP contribution in [0.2, 0.25) is 0 Å². The van der Waals surface area contributed by atoms with Gasteiger partial charge in [0, 0.05) is 25.1 Å². The molecule has 0 aromatic heterocycles. The first-order valence-electron chi connectivity index (χ1n) is 12.9. The molecule has 2 aromatic carbocycles.